The van der Waals surface area contributed by atoms with Crippen LogP contribution in [-0.2, 0) is 16.8 Å². The molecule has 1 amide bonds. The van der Waals surface area contributed by atoms with Crippen LogP contribution in [0, 0.1) is 5.41 Å². The molecule has 1 saturated heterocycles. The molecule has 2 heterocycles. The third-order valence-electron chi connectivity index (χ3n) is 7.03. The maximum absolute atomic E-state index is 13.3. The second-order valence-corrected chi connectivity index (χ2v) is 10.1. The highest BCUT2D eigenvalue weighted by Crippen LogP contribution is 2.38. The molecule has 1 aliphatic rings. The first-order valence-corrected chi connectivity index (χ1v) is 14.5. The largest absolute Gasteiger partial charge is 0.396 e. The third-order valence-corrected chi connectivity index (χ3v) is 7.03. The van der Waals surface area contributed by atoms with Gasteiger partial charge >= 0.3 is 0 Å². The normalized spacial score (nSPS) is 15.5. The number of carbonyl (C=O) groups is 1. The lowest BCUT2D eigenvalue weighted by Gasteiger charge is -2.42. The summed E-state index contributed by atoms with van der Waals surface area (Å²) in [7, 11) is 0. The van der Waals surface area contributed by atoms with Gasteiger partial charge in [0, 0.05) is 55.4 Å². The van der Waals surface area contributed by atoms with Crippen molar-refractivity contribution in [2.45, 2.75) is 100 Å². The van der Waals surface area contributed by atoms with Gasteiger partial charge in [-0.1, -0.05) is 116 Å². The number of piperidine rings is 1. The maximum atomic E-state index is 13.3. The molecule has 226 valence electrons. The van der Waals surface area contributed by atoms with Crippen LogP contribution >= 0.6 is 0 Å². The Morgan fingerprint density at radius 1 is 1.10 bits per heavy atom. The van der Waals surface area contributed by atoms with E-state index in [4.69, 9.17) is 0 Å². The Balaban J connectivity index is 0. The smallest absolute Gasteiger partial charge is 0.223 e. The topological polar surface area (TPSA) is 58.4 Å². The SMILES string of the molecule is C.C=C/C=C\C(=C/C)CC1(CO)CCN(C(=O)CC(C)(C)c2cncn2C/C(C=C)=C/C=C\C)CC1.CC.CC. The Morgan fingerprint density at radius 2 is 1.73 bits per heavy atom. The Morgan fingerprint density at radius 3 is 2.23 bits per heavy atom. The quantitative estimate of drug-likeness (QED) is 0.264. The minimum Gasteiger partial charge on any atom is -0.396 e. The van der Waals surface area contributed by atoms with Gasteiger partial charge in [0.2, 0.25) is 5.91 Å². The van der Waals surface area contributed by atoms with Crippen molar-refractivity contribution < 1.29 is 9.90 Å². The first-order valence-electron chi connectivity index (χ1n) is 14.5. The fourth-order valence-electron chi connectivity index (χ4n) is 4.70. The van der Waals surface area contributed by atoms with E-state index >= 15 is 0 Å². The van der Waals surface area contributed by atoms with Crippen LogP contribution in [0.1, 0.15) is 94.2 Å². The monoisotopic (exact) mass is 553 g/mol. The summed E-state index contributed by atoms with van der Waals surface area (Å²) < 4.78 is 2.10. The average molecular weight is 554 g/mol. The van der Waals surface area contributed by atoms with E-state index in [2.05, 4.69) is 48.7 Å². The maximum Gasteiger partial charge on any atom is 0.223 e. The molecule has 1 N–H and O–H groups in total. The number of aliphatic hydroxyl groups is 1. The van der Waals surface area contributed by atoms with Crippen LogP contribution in [0.5, 0.6) is 0 Å². The van der Waals surface area contributed by atoms with E-state index < -0.39 is 0 Å². The summed E-state index contributed by atoms with van der Waals surface area (Å²) in [5.41, 5.74) is 2.77. The molecule has 40 heavy (non-hydrogen) atoms. The summed E-state index contributed by atoms with van der Waals surface area (Å²) in [4.78, 5) is 19.7. The van der Waals surface area contributed by atoms with E-state index in [1.807, 2.05) is 89.3 Å². The van der Waals surface area contributed by atoms with Crippen molar-refractivity contribution in [2.75, 3.05) is 19.7 Å². The molecule has 0 spiro atoms. The van der Waals surface area contributed by atoms with Gasteiger partial charge in [-0.05, 0) is 38.7 Å². The number of hydrogen-bond donors (Lipinski definition) is 1. The van der Waals surface area contributed by atoms with Crippen LogP contribution in [0.2, 0.25) is 0 Å². The molecule has 0 radical (unpaired) electrons. The number of aromatic nitrogens is 2. The van der Waals surface area contributed by atoms with Gasteiger partial charge in [-0.25, -0.2) is 4.98 Å². The number of imidazole rings is 1. The van der Waals surface area contributed by atoms with Gasteiger partial charge in [-0.15, -0.1) is 0 Å². The van der Waals surface area contributed by atoms with Gasteiger partial charge < -0.3 is 14.6 Å². The lowest BCUT2D eigenvalue weighted by Crippen LogP contribution is -2.46. The minimum atomic E-state index is -0.362. The van der Waals surface area contributed by atoms with Crippen LogP contribution in [0.15, 0.2) is 85.4 Å². The van der Waals surface area contributed by atoms with Crippen LogP contribution in [0.25, 0.3) is 0 Å². The second-order valence-electron chi connectivity index (χ2n) is 10.1. The predicted molar refractivity (Wildman–Crippen MR) is 175 cm³/mol. The fraction of sp³-hybridized carbons (Fsp3) is 0.543. The number of amides is 1. The number of likely N-dealkylation sites (tertiary alicyclic amines) is 1. The van der Waals surface area contributed by atoms with E-state index in [1.54, 1.807) is 6.08 Å². The molecule has 5 heteroatoms. The summed E-state index contributed by atoms with van der Waals surface area (Å²) >= 11 is 0. The molecule has 1 fully saturated rings. The molecule has 0 atom stereocenters. The molecule has 1 aromatic heterocycles. The summed E-state index contributed by atoms with van der Waals surface area (Å²) in [6.07, 6.45) is 22.2. The predicted octanol–water partition coefficient (Wildman–Crippen LogP) is 8.61. The number of rotatable bonds is 12. The van der Waals surface area contributed by atoms with Crippen molar-refractivity contribution in [3.8, 4) is 0 Å². The molecule has 1 aromatic rings. The Labute approximate surface area is 246 Å². The van der Waals surface area contributed by atoms with Gasteiger partial charge in [0.1, 0.15) is 0 Å². The molecule has 0 aliphatic carbocycles. The first-order chi connectivity index (χ1) is 18.7. The van der Waals surface area contributed by atoms with E-state index in [9.17, 15) is 9.90 Å². The lowest BCUT2D eigenvalue weighted by atomic mass is 9.74. The van der Waals surface area contributed by atoms with Crippen LogP contribution in [0.4, 0.5) is 0 Å². The number of allylic oxidation sites excluding steroid dienone is 10. The lowest BCUT2D eigenvalue weighted by molar-refractivity contribution is -0.135. The molecule has 0 aromatic carbocycles. The molecule has 0 bridgehead atoms. The van der Waals surface area contributed by atoms with Crippen LogP contribution in [-0.4, -0.2) is 45.2 Å². The van der Waals surface area contributed by atoms with Crippen molar-refractivity contribution in [1.29, 1.82) is 0 Å². The molecule has 0 unspecified atom stereocenters. The summed E-state index contributed by atoms with van der Waals surface area (Å²) in [5, 5.41) is 10.2. The van der Waals surface area contributed by atoms with E-state index in [1.165, 1.54) is 5.57 Å². The highest BCUT2D eigenvalue weighted by molar-refractivity contribution is 5.77. The van der Waals surface area contributed by atoms with Gasteiger partial charge in [0.15, 0.2) is 0 Å². The molecule has 1 aliphatic heterocycles. The summed E-state index contributed by atoms with van der Waals surface area (Å²) in [6, 6.07) is 0. The summed E-state index contributed by atoms with van der Waals surface area (Å²) in [5.74, 6) is 0.153. The van der Waals surface area contributed by atoms with Gasteiger partial charge in [-0.2, -0.15) is 0 Å². The average Bonchev–Trinajstić information content (AvgIpc) is 3.45. The van der Waals surface area contributed by atoms with Gasteiger partial charge in [0.05, 0.1) is 6.33 Å². The van der Waals surface area contributed by atoms with Crippen molar-refractivity contribution >= 4 is 5.91 Å². The van der Waals surface area contributed by atoms with E-state index in [-0.39, 0.29) is 30.8 Å². The molecule has 2 rings (SSSR count). The number of hydrogen-bond acceptors (Lipinski definition) is 3. The number of carbonyl (C=O) groups excluding carboxylic acids is 1. The Hall–Kier alpha value is -2.92. The van der Waals surface area contributed by atoms with Crippen LogP contribution in [0.3, 0.4) is 0 Å². The molecule has 0 saturated carbocycles. The Bertz CT molecular complexity index is 984. The standard InChI is InChI=1S/C30H43N3O2.2C2H6.CH4/c1-7-11-13-25(9-3)19-30(23-34)15-17-32(18-16-30)28(35)20-29(5,6)27-21-31-24-33(27)22-26(10-4)14-12-8-2;2*1-2;/h7-14,21,24,34H,1,4,15-20,22-23H2,2-3,5-6H3;2*1-2H3;1H4/b12-8-,13-11-,25-9+,26-14+;;;. The summed E-state index contributed by atoms with van der Waals surface area (Å²) in [6.45, 7) is 26.0. The van der Waals surface area contributed by atoms with Crippen molar-refractivity contribution in [1.82, 2.24) is 14.5 Å². The second kappa shape index (κ2) is 20.9. The first kappa shape index (κ1) is 39.2. The Kier molecular flexibility index (Phi) is 20.5. The van der Waals surface area contributed by atoms with Crippen LogP contribution < -0.4 is 0 Å². The number of nitrogens with zero attached hydrogens (tertiary/aromatic N) is 3. The highest BCUT2D eigenvalue weighted by Gasteiger charge is 2.37. The van der Waals surface area contributed by atoms with Crippen molar-refractivity contribution in [3.63, 3.8) is 0 Å². The van der Waals surface area contributed by atoms with Crippen molar-refractivity contribution in [2.24, 2.45) is 5.41 Å². The van der Waals surface area contributed by atoms with Crippen molar-refractivity contribution in [3.05, 3.63) is 91.1 Å². The van der Waals surface area contributed by atoms with Gasteiger partial charge in [0.25, 0.3) is 0 Å². The minimum absolute atomic E-state index is 0. The molecule has 5 nitrogen and oxygen atoms in total. The molecular formula is C35H59N3O2. The fourth-order valence-corrected chi connectivity index (χ4v) is 4.70. The highest BCUT2D eigenvalue weighted by atomic mass is 16.3. The molecular weight excluding hydrogens is 494 g/mol. The number of aliphatic hydroxyl groups excluding tert-OH is 1. The zero-order chi connectivity index (χ0) is 29.9. The van der Waals surface area contributed by atoms with E-state index in [0.717, 1.165) is 30.5 Å². The van der Waals surface area contributed by atoms with Gasteiger partial charge in [-0.3, -0.25) is 4.79 Å². The zero-order valence-corrected chi connectivity index (χ0v) is 26.0. The van der Waals surface area contributed by atoms with E-state index in [0.29, 0.717) is 26.1 Å². The zero-order valence-electron chi connectivity index (χ0n) is 26.0. The third kappa shape index (κ3) is 12.1.